The number of ketones is 1. The highest BCUT2D eigenvalue weighted by Crippen LogP contribution is 1.97. The molecule has 0 aromatic heterocycles. The van der Waals surface area contributed by atoms with Crippen molar-refractivity contribution in [3.63, 3.8) is 0 Å². The second kappa shape index (κ2) is 4.50. The smallest absolute Gasteiger partial charge is 0.288 e. The van der Waals surface area contributed by atoms with Crippen LogP contribution < -0.4 is 0 Å². The molecule has 0 aromatic rings. The zero-order chi connectivity index (χ0) is 7.28. The average Bonchev–Trinajstić information content (AvgIpc) is 1.82. The number of rotatable bonds is 4. The molecule has 3 heteroatoms. The van der Waals surface area contributed by atoms with E-state index in [-0.39, 0.29) is 0 Å². The van der Waals surface area contributed by atoms with Crippen molar-refractivity contribution in [2.75, 3.05) is 0 Å². The lowest BCUT2D eigenvalue weighted by Crippen LogP contribution is -2.05. The fraction of sp³-hybridized carbons (Fsp3) is 0.667. The van der Waals surface area contributed by atoms with Crippen LogP contribution in [0.25, 0.3) is 0 Å². The molecule has 9 heavy (non-hydrogen) atoms. The molecule has 0 unspecified atom stereocenters. The van der Waals surface area contributed by atoms with Crippen LogP contribution in [-0.2, 0) is 9.59 Å². The highest BCUT2D eigenvalue weighted by Gasteiger charge is 2.07. The van der Waals surface area contributed by atoms with Gasteiger partial charge in [-0.3, -0.25) is 9.59 Å². The third-order valence-electron chi connectivity index (χ3n) is 0.977. The van der Waals surface area contributed by atoms with Gasteiger partial charge in [-0.05, 0) is 18.0 Å². The average molecular weight is 149 g/mol. The fourth-order valence-corrected chi connectivity index (χ4v) is 0.530. The first-order chi connectivity index (χ1) is 4.18. The van der Waals surface area contributed by atoms with Crippen molar-refractivity contribution in [2.45, 2.75) is 26.2 Å². The molecule has 52 valence electrons. The third-order valence-corrected chi connectivity index (χ3v) is 1.19. The number of hydrogen-bond donors (Lipinski definition) is 0. The number of halogens is 1. The molecule has 0 saturated carbocycles. The summed E-state index contributed by atoms with van der Waals surface area (Å²) < 4.78 is 0. The van der Waals surface area contributed by atoms with Crippen LogP contribution in [0.2, 0.25) is 0 Å². The van der Waals surface area contributed by atoms with Crippen molar-refractivity contribution in [2.24, 2.45) is 0 Å². The number of Topliss-reactive ketones (excluding diaryl/α,β-unsaturated/α-hetero) is 1. The summed E-state index contributed by atoms with van der Waals surface area (Å²) >= 11 is 4.88. The molecule has 0 rings (SSSR count). The summed E-state index contributed by atoms with van der Waals surface area (Å²) in [5.41, 5.74) is 0. The Morgan fingerprint density at radius 3 is 2.33 bits per heavy atom. The van der Waals surface area contributed by atoms with E-state index < -0.39 is 11.0 Å². The molecule has 0 aliphatic heterocycles. The molecule has 0 saturated heterocycles. The van der Waals surface area contributed by atoms with E-state index >= 15 is 0 Å². The highest BCUT2D eigenvalue weighted by atomic mass is 35.5. The Labute approximate surface area is 59.2 Å². The Kier molecular flexibility index (Phi) is 4.32. The lowest BCUT2D eigenvalue weighted by Gasteiger charge is -1.89. The molecule has 0 N–H and O–H groups in total. The van der Waals surface area contributed by atoms with Gasteiger partial charge in [-0.25, -0.2) is 0 Å². The minimum Gasteiger partial charge on any atom is -0.289 e. The molecule has 0 atom stereocenters. The SMILES string of the molecule is CCCCC(=O)C(=O)Cl. The molecule has 2 nitrogen and oxygen atoms in total. The van der Waals surface area contributed by atoms with Gasteiger partial charge < -0.3 is 0 Å². The second-order valence-corrected chi connectivity index (χ2v) is 2.14. The summed E-state index contributed by atoms with van der Waals surface area (Å²) in [7, 11) is 0. The highest BCUT2D eigenvalue weighted by molar-refractivity contribution is 6.81. The second-order valence-electron chi connectivity index (χ2n) is 1.80. The third kappa shape index (κ3) is 4.15. The summed E-state index contributed by atoms with van der Waals surface area (Å²) in [4.78, 5) is 20.5. The van der Waals surface area contributed by atoms with Crippen molar-refractivity contribution >= 4 is 22.6 Å². The zero-order valence-corrected chi connectivity index (χ0v) is 6.07. The van der Waals surface area contributed by atoms with Gasteiger partial charge >= 0.3 is 0 Å². The van der Waals surface area contributed by atoms with Crippen LogP contribution >= 0.6 is 11.6 Å². The first-order valence-corrected chi connectivity index (χ1v) is 3.29. The van der Waals surface area contributed by atoms with Gasteiger partial charge in [0, 0.05) is 6.42 Å². The van der Waals surface area contributed by atoms with Crippen LogP contribution in [0.3, 0.4) is 0 Å². The van der Waals surface area contributed by atoms with Crippen LogP contribution in [0.5, 0.6) is 0 Å². The predicted octanol–water partition coefficient (Wildman–Crippen LogP) is 1.51. The lowest BCUT2D eigenvalue weighted by molar-refractivity contribution is -0.132. The summed E-state index contributed by atoms with van der Waals surface area (Å²) in [6.07, 6.45) is 1.95. The van der Waals surface area contributed by atoms with E-state index in [1.54, 1.807) is 0 Å². The van der Waals surface area contributed by atoms with Gasteiger partial charge in [0.1, 0.15) is 0 Å². The standard InChI is InChI=1S/C6H9ClO2/c1-2-3-4-5(8)6(7)9/h2-4H2,1H3. The van der Waals surface area contributed by atoms with Gasteiger partial charge in [0.15, 0.2) is 0 Å². The molecule has 0 fully saturated rings. The summed E-state index contributed by atoms with van der Waals surface area (Å²) in [6, 6.07) is 0. The molecule has 0 aromatic carbocycles. The van der Waals surface area contributed by atoms with Gasteiger partial charge in [-0.15, -0.1) is 0 Å². The lowest BCUT2D eigenvalue weighted by atomic mass is 10.2. The van der Waals surface area contributed by atoms with E-state index in [2.05, 4.69) is 0 Å². The summed E-state index contributed by atoms with van der Waals surface area (Å²) in [5, 5.41) is -0.844. The first kappa shape index (κ1) is 8.63. The van der Waals surface area contributed by atoms with Crippen LogP contribution in [0.15, 0.2) is 0 Å². The van der Waals surface area contributed by atoms with Crippen molar-refractivity contribution < 1.29 is 9.59 Å². The van der Waals surface area contributed by atoms with Gasteiger partial charge in [-0.2, -0.15) is 0 Å². The van der Waals surface area contributed by atoms with Crippen molar-refractivity contribution in [3.8, 4) is 0 Å². The van der Waals surface area contributed by atoms with Crippen molar-refractivity contribution in [1.29, 1.82) is 0 Å². The topological polar surface area (TPSA) is 34.1 Å². The Hall–Kier alpha value is -0.370. The number of hydrogen-bond acceptors (Lipinski definition) is 2. The van der Waals surface area contributed by atoms with E-state index in [1.807, 2.05) is 6.92 Å². The molecular weight excluding hydrogens is 140 g/mol. The maximum atomic E-state index is 10.4. The number of unbranched alkanes of at least 4 members (excludes halogenated alkanes) is 1. The molecular formula is C6H9ClO2. The van der Waals surface area contributed by atoms with Gasteiger partial charge in [-0.1, -0.05) is 13.3 Å². The Morgan fingerprint density at radius 1 is 1.44 bits per heavy atom. The van der Waals surface area contributed by atoms with Crippen LogP contribution in [0, 0.1) is 0 Å². The van der Waals surface area contributed by atoms with E-state index in [4.69, 9.17) is 11.6 Å². The predicted molar refractivity (Wildman–Crippen MR) is 35.4 cm³/mol. The van der Waals surface area contributed by atoms with Gasteiger partial charge in [0.2, 0.25) is 5.78 Å². The molecule has 0 bridgehead atoms. The van der Waals surface area contributed by atoms with Gasteiger partial charge in [0.25, 0.3) is 5.24 Å². The minimum atomic E-state index is -0.844. The molecule has 0 spiro atoms. The summed E-state index contributed by atoms with van der Waals surface area (Å²) in [6.45, 7) is 1.95. The monoisotopic (exact) mass is 148 g/mol. The number of carbonyl (C=O) groups is 2. The van der Waals surface area contributed by atoms with Crippen LogP contribution in [0.4, 0.5) is 0 Å². The maximum Gasteiger partial charge on any atom is 0.288 e. The molecule has 0 heterocycles. The van der Waals surface area contributed by atoms with Gasteiger partial charge in [0.05, 0.1) is 0 Å². The molecule has 0 radical (unpaired) electrons. The fourth-order valence-electron chi connectivity index (χ4n) is 0.436. The largest absolute Gasteiger partial charge is 0.289 e. The zero-order valence-electron chi connectivity index (χ0n) is 5.32. The van der Waals surface area contributed by atoms with E-state index in [0.29, 0.717) is 6.42 Å². The summed E-state index contributed by atoms with van der Waals surface area (Å²) in [5.74, 6) is -0.474. The van der Waals surface area contributed by atoms with E-state index in [0.717, 1.165) is 12.8 Å². The Bertz CT molecular complexity index is 120. The van der Waals surface area contributed by atoms with E-state index in [1.165, 1.54) is 0 Å². The minimum absolute atomic E-state index is 0.291. The first-order valence-electron chi connectivity index (χ1n) is 2.91. The number of carbonyl (C=O) groups excluding carboxylic acids is 2. The molecule has 0 aliphatic carbocycles. The quantitative estimate of drug-likeness (QED) is 0.448. The molecule has 0 amide bonds. The van der Waals surface area contributed by atoms with E-state index in [9.17, 15) is 9.59 Å². The van der Waals surface area contributed by atoms with Crippen LogP contribution in [-0.4, -0.2) is 11.0 Å². The molecule has 0 aliphatic rings. The van der Waals surface area contributed by atoms with Crippen LogP contribution in [0.1, 0.15) is 26.2 Å². The normalized spacial score (nSPS) is 9.11. The maximum absolute atomic E-state index is 10.4. The van der Waals surface area contributed by atoms with Crippen molar-refractivity contribution in [1.82, 2.24) is 0 Å². The van der Waals surface area contributed by atoms with Crippen molar-refractivity contribution in [3.05, 3.63) is 0 Å². The Balaban J connectivity index is 3.39. The Morgan fingerprint density at radius 2 is 2.00 bits per heavy atom.